The number of guanidine groups is 1. The number of piperidine rings is 1. The fourth-order valence-corrected chi connectivity index (χ4v) is 3.65. The van der Waals surface area contributed by atoms with Crippen molar-refractivity contribution in [3.63, 3.8) is 0 Å². The fourth-order valence-electron chi connectivity index (χ4n) is 3.65. The smallest absolute Gasteiger partial charge is 0.193 e. The molecule has 2 saturated heterocycles. The molecular formula is C16H31N3O. The molecule has 2 atom stereocenters. The molecule has 0 radical (unpaired) electrons. The van der Waals surface area contributed by atoms with Crippen LogP contribution in [0.15, 0.2) is 4.99 Å². The van der Waals surface area contributed by atoms with E-state index in [1.165, 1.54) is 38.5 Å². The van der Waals surface area contributed by atoms with Gasteiger partial charge in [-0.1, -0.05) is 20.3 Å². The molecule has 0 aromatic heterocycles. The molecule has 0 spiro atoms. The van der Waals surface area contributed by atoms with Gasteiger partial charge in [-0.3, -0.25) is 4.99 Å². The van der Waals surface area contributed by atoms with Crippen molar-refractivity contribution < 1.29 is 4.74 Å². The van der Waals surface area contributed by atoms with E-state index in [0.717, 1.165) is 32.2 Å². The molecule has 2 aliphatic rings. The van der Waals surface area contributed by atoms with E-state index in [-0.39, 0.29) is 0 Å². The van der Waals surface area contributed by atoms with Crippen LogP contribution in [0.3, 0.4) is 0 Å². The van der Waals surface area contributed by atoms with Crippen molar-refractivity contribution in [3.05, 3.63) is 0 Å². The van der Waals surface area contributed by atoms with Gasteiger partial charge in [0.05, 0.1) is 6.10 Å². The molecule has 4 nitrogen and oxygen atoms in total. The Balaban J connectivity index is 1.86. The first-order chi connectivity index (χ1) is 9.67. The molecule has 1 N–H and O–H groups in total. The largest absolute Gasteiger partial charge is 0.376 e. The van der Waals surface area contributed by atoms with E-state index in [0.29, 0.717) is 11.5 Å². The molecule has 2 unspecified atom stereocenters. The van der Waals surface area contributed by atoms with E-state index in [2.05, 4.69) is 29.1 Å². The third kappa shape index (κ3) is 4.11. The molecule has 2 fully saturated rings. The second-order valence-corrected chi connectivity index (χ2v) is 6.65. The summed E-state index contributed by atoms with van der Waals surface area (Å²) in [7, 11) is 1.89. The molecule has 0 aliphatic carbocycles. The van der Waals surface area contributed by atoms with Gasteiger partial charge in [-0.2, -0.15) is 0 Å². The Labute approximate surface area is 124 Å². The lowest BCUT2D eigenvalue weighted by Crippen LogP contribution is -2.50. The third-order valence-corrected chi connectivity index (χ3v) is 4.66. The maximum atomic E-state index is 5.68. The normalized spacial score (nSPS) is 31.6. The first-order valence-electron chi connectivity index (χ1n) is 8.24. The SMILES string of the molecule is CCCC1(C)CCCN(C(=NC)NCC2CCCO2)C1. The van der Waals surface area contributed by atoms with E-state index >= 15 is 0 Å². The highest BCUT2D eigenvalue weighted by Gasteiger charge is 2.31. The van der Waals surface area contributed by atoms with Gasteiger partial charge >= 0.3 is 0 Å². The molecule has 20 heavy (non-hydrogen) atoms. The summed E-state index contributed by atoms with van der Waals surface area (Å²) in [4.78, 5) is 6.91. The molecule has 0 amide bonds. The van der Waals surface area contributed by atoms with Crippen LogP contribution in [-0.4, -0.2) is 50.3 Å². The predicted molar refractivity (Wildman–Crippen MR) is 84.2 cm³/mol. The van der Waals surface area contributed by atoms with Crippen molar-refractivity contribution in [3.8, 4) is 0 Å². The van der Waals surface area contributed by atoms with Crippen LogP contribution >= 0.6 is 0 Å². The summed E-state index contributed by atoms with van der Waals surface area (Å²) in [5.74, 6) is 1.06. The first-order valence-corrected chi connectivity index (χ1v) is 8.24. The Morgan fingerprint density at radius 1 is 1.45 bits per heavy atom. The molecule has 4 heteroatoms. The van der Waals surface area contributed by atoms with Gasteiger partial charge in [0.2, 0.25) is 0 Å². The number of nitrogens with zero attached hydrogens (tertiary/aromatic N) is 2. The minimum Gasteiger partial charge on any atom is -0.376 e. The van der Waals surface area contributed by atoms with Crippen molar-refractivity contribution >= 4 is 5.96 Å². The Morgan fingerprint density at radius 3 is 2.95 bits per heavy atom. The number of aliphatic imine (C=N–C) groups is 1. The lowest BCUT2D eigenvalue weighted by molar-refractivity contribution is 0.110. The topological polar surface area (TPSA) is 36.9 Å². The first kappa shape index (κ1) is 15.6. The van der Waals surface area contributed by atoms with Crippen molar-refractivity contribution in [1.82, 2.24) is 10.2 Å². The molecule has 0 saturated carbocycles. The molecule has 2 rings (SSSR count). The van der Waals surface area contributed by atoms with Crippen LogP contribution in [-0.2, 0) is 4.74 Å². The molecule has 0 aromatic carbocycles. The minimum absolute atomic E-state index is 0.374. The van der Waals surface area contributed by atoms with E-state index in [1.54, 1.807) is 0 Å². The predicted octanol–water partition coefficient (Wildman–Crippen LogP) is 2.64. The number of nitrogens with one attached hydrogen (secondary N) is 1. The summed E-state index contributed by atoms with van der Waals surface area (Å²) in [5, 5.41) is 3.51. The summed E-state index contributed by atoms with van der Waals surface area (Å²) >= 11 is 0. The standard InChI is InChI=1S/C16H31N3O/c1-4-8-16(2)9-6-10-19(13-16)15(17-3)18-12-14-7-5-11-20-14/h14H,4-13H2,1-3H3,(H,17,18). The lowest BCUT2D eigenvalue weighted by atomic mass is 9.78. The summed E-state index contributed by atoms with van der Waals surface area (Å²) in [6.07, 6.45) is 7.95. The van der Waals surface area contributed by atoms with E-state index in [4.69, 9.17) is 4.74 Å². The molecule has 116 valence electrons. The summed E-state index contributed by atoms with van der Waals surface area (Å²) in [5.41, 5.74) is 0.453. The Kier molecular flexibility index (Phi) is 5.70. The average molecular weight is 281 g/mol. The van der Waals surface area contributed by atoms with Crippen LogP contribution in [0.4, 0.5) is 0 Å². The third-order valence-electron chi connectivity index (χ3n) is 4.66. The van der Waals surface area contributed by atoms with Gasteiger partial charge in [0.1, 0.15) is 0 Å². The van der Waals surface area contributed by atoms with E-state index in [1.807, 2.05) is 7.05 Å². The highest BCUT2D eigenvalue weighted by atomic mass is 16.5. The highest BCUT2D eigenvalue weighted by Crippen LogP contribution is 2.33. The van der Waals surface area contributed by atoms with Gasteiger partial charge in [0.15, 0.2) is 5.96 Å². The minimum atomic E-state index is 0.374. The van der Waals surface area contributed by atoms with Gasteiger partial charge in [0.25, 0.3) is 0 Å². The second-order valence-electron chi connectivity index (χ2n) is 6.65. The van der Waals surface area contributed by atoms with Gasteiger partial charge in [-0.05, 0) is 37.5 Å². The molecule has 0 bridgehead atoms. The van der Waals surface area contributed by atoms with Gasteiger partial charge in [-0.25, -0.2) is 0 Å². The van der Waals surface area contributed by atoms with Gasteiger partial charge in [0, 0.05) is 33.3 Å². The van der Waals surface area contributed by atoms with Crippen LogP contribution in [0.1, 0.15) is 52.4 Å². The van der Waals surface area contributed by atoms with Gasteiger partial charge < -0.3 is 15.0 Å². The van der Waals surface area contributed by atoms with Crippen LogP contribution in [0, 0.1) is 5.41 Å². The number of hydrogen-bond donors (Lipinski definition) is 1. The van der Waals surface area contributed by atoms with E-state index < -0.39 is 0 Å². The molecule has 2 aliphatic heterocycles. The van der Waals surface area contributed by atoms with Gasteiger partial charge in [-0.15, -0.1) is 0 Å². The van der Waals surface area contributed by atoms with Crippen LogP contribution < -0.4 is 5.32 Å². The quantitative estimate of drug-likeness (QED) is 0.636. The Morgan fingerprint density at radius 2 is 2.30 bits per heavy atom. The number of rotatable bonds is 4. The summed E-state index contributed by atoms with van der Waals surface area (Å²) in [6.45, 7) is 8.79. The maximum Gasteiger partial charge on any atom is 0.193 e. The highest BCUT2D eigenvalue weighted by molar-refractivity contribution is 5.80. The number of hydrogen-bond acceptors (Lipinski definition) is 2. The zero-order valence-corrected chi connectivity index (χ0v) is 13.5. The average Bonchev–Trinajstić information content (AvgIpc) is 2.93. The van der Waals surface area contributed by atoms with Crippen LogP contribution in [0.5, 0.6) is 0 Å². The van der Waals surface area contributed by atoms with Crippen LogP contribution in [0.25, 0.3) is 0 Å². The monoisotopic (exact) mass is 281 g/mol. The Bertz CT molecular complexity index is 322. The maximum absolute atomic E-state index is 5.68. The zero-order chi connectivity index (χ0) is 14.4. The van der Waals surface area contributed by atoms with Crippen molar-refractivity contribution in [2.45, 2.75) is 58.5 Å². The number of ether oxygens (including phenoxy) is 1. The summed E-state index contributed by atoms with van der Waals surface area (Å²) in [6, 6.07) is 0. The fraction of sp³-hybridized carbons (Fsp3) is 0.938. The summed E-state index contributed by atoms with van der Waals surface area (Å²) < 4.78 is 5.68. The number of likely N-dealkylation sites (tertiary alicyclic amines) is 1. The molecular weight excluding hydrogens is 250 g/mol. The Hall–Kier alpha value is -0.770. The van der Waals surface area contributed by atoms with Crippen molar-refractivity contribution in [1.29, 1.82) is 0 Å². The van der Waals surface area contributed by atoms with E-state index in [9.17, 15) is 0 Å². The molecule has 2 heterocycles. The lowest BCUT2D eigenvalue weighted by Gasteiger charge is -2.42. The van der Waals surface area contributed by atoms with Crippen molar-refractivity contribution in [2.24, 2.45) is 10.4 Å². The van der Waals surface area contributed by atoms with Crippen LogP contribution in [0.2, 0.25) is 0 Å². The second kappa shape index (κ2) is 7.30. The molecule has 0 aromatic rings. The van der Waals surface area contributed by atoms with Crippen molar-refractivity contribution in [2.75, 3.05) is 33.3 Å². The zero-order valence-electron chi connectivity index (χ0n) is 13.5.